The molecule has 4 N–H and O–H groups in total. The van der Waals surface area contributed by atoms with Crippen LogP contribution in [0.3, 0.4) is 0 Å². The molecule has 2 heterocycles. The Morgan fingerprint density at radius 3 is 2.54 bits per heavy atom. The lowest BCUT2D eigenvalue weighted by Crippen LogP contribution is -2.48. The number of sulfonamides is 1. The molecule has 37 heavy (non-hydrogen) atoms. The molecule has 11 nitrogen and oxygen atoms in total. The third-order valence-electron chi connectivity index (χ3n) is 5.91. The molecule has 0 saturated carbocycles. The second-order valence-corrected chi connectivity index (χ2v) is 10.3. The molecule has 0 bridgehead atoms. The predicted octanol–water partition coefficient (Wildman–Crippen LogP) is 1.72. The van der Waals surface area contributed by atoms with Crippen molar-refractivity contribution in [2.75, 3.05) is 29.9 Å². The molecular weight excluding hydrogens is 496 g/mol. The van der Waals surface area contributed by atoms with Crippen LogP contribution in [0.15, 0.2) is 78.0 Å². The molecule has 1 saturated heterocycles. The fourth-order valence-corrected chi connectivity index (χ4v) is 5.27. The van der Waals surface area contributed by atoms with Crippen molar-refractivity contribution in [2.24, 2.45) is 0 Å². The monoisotopic (exact) mass is 524 g/mol. The topological polar surface area (TPSA) is 154 Å². The highest BCUT2D eigenvalue weighted by Crippen LogP contribution is 2.22. The van der Waals surface area contributed by atoms with Crippen molar-refractivity contribution in [3.05, 3.63) is 78.6 Å². The van der Waals surface area contributed by atoms with E-state index in [1.54, 1.807) is 42.7 Å². The molecule has 2 aromatic carbocycles. The summed E-state index contributed by atoms with van der Waals surface area (Å²) in [6.45, 7) is 1.10. The maximum atomic E-state index is 12.8. The first-order chi connectivity index (χ1) is 17.8. The quantitative estimate of drug-likeness (QED) is 0.310. The summed E-state index contributed by atoms with van der Waals surface area (Å²) in [6.07, 6.45) is 5.27. The van der Waals surface area contributed by atoms with Crippen molar-refractivity contribution in [1.82, 2.24) is 20.0 Å². The zero-order chi connectivity index (χ0) is 26.3. The molecule has 0 spiro atoms. The first-order valence-corrected chi connectivity index (χ1v) is 13.3. The number of carboxylic acid groups (broad SMARTS) is 1. The van der Waals surface area contributed by atoms with Gasteiger partial charge in [-0.15, -0.1) is 0 Å². The number of rotatable bonds is 10. The fourth-order valence-electron chi connectivity index (χ4n) is 4.06. The maximum absolute atomic E-state index is 12.8. The van der Waals surface area contributed by atoms with Crippen LogP contribution >= 0.6 is 0 Å². The van der Waals surface area contributed by atoms with Gasteiger partial charge >= 0.3 is 5.97 Å². The largest absolute Gasteiger partial charge is 0.480 e. The summed E-state index contributed by atoms with van der Waals surface area (Å²) in [5.41, 5.74) is 1.20. The van der Waals surface area contributed by atoms with E-state index in [1.807, 2.05) is 6.07 Å². The summed E-state index contributed by atoms with van der Waals surface area (Å²) in [5.74, 6) is -1.34. The number of nitrogens with one attached hydrogen (secondary N) is 3. The van der Waals surface area contributed by atoms with Crippen LogP contribution in [0.5, 0.6) is 0 Å². The highest BCUT2D eigenvalue weighted by molar-refractivity contribution is 7.89. The number of hydrogen-bond acceptors (Lipinski definition) is 8. The van der Waals surface area contributed by atoms with Gasteiger partial charge in [0.1, 0.15) is 6.04 Å². The average molecular weight is 525 g/mol. The van der Waals surface area contributed by atoms with Crippen LogP contribution in [0.1, 0.15) is 23.2 Å². The predicted molar refractivity (Wildman–Crippen MR) is 138 cm³/mol. The van der Waals surface area contributed by atoms with Gasteiger partial charge in [-0.3, -0.25) is 9.59 Å². The summed E-state index contributed by atoms with van der Waals surface area (Å²) in [5, 5.41) is 15.4. The molecular formula is C25H28N6O5S. The second-order valence-electron chi connectivity index (χ2n) is 8.59. The number of nitrogens with zero attached hydrogens (tertiary/aromatic N) is 3. The van der Waals surface area contributed by atoms with Gasteiger partial charge in [0.05, 0.1) is 4.90 Å². The first kappa shape index (κ1) is 26.0. The summed E-state index contributed by atoms with van der Waals surface area (Å²) < 4.78 is 27.2. The number of aliphatic carboxylic acids is 1. The third kappa shape index (κ3) is 7.02. The van der Waals surface area contributed by atoms with E-state index in [2.05, 4.69) is 30.2 Å². The second kappa shape index (κ2) is 11.8. The molecule has 1 aliphatic heterocycles. The molecule has 0 unspecified atom stereocenters. The summed E-state index contributed by atoms with van der Waals surface area (Å²) in [7, 11) is -4.07. The molecule has 194 valence electrons. The smallest absolute Gasteiger partial charge is 0.323 e. The number of benzene rings is 2. The lowest BCUT2D eigenvalue weighted by molar-refractivity contribution is -0.138. The Morgan fingerprint density at radius 1 is 1.05 bits per heavy atom. The molecule has 12 heteroatoms. The highest BCUT2D eigenvalue weighted by Gasteiger charge is 2.26. The molecule has 0 radical (unpaired) electrons. The number of aromatic nitrogens is 2. The number of anilines is 2. The lowest BCUT2D eigenvalue weighted by Gasteiger charge is -2.35. The Morgan fingerprint density at radius 2 is 1.81 bits per heavy atom. The van der Waals surface area contributed by atoms with Gasteiger partial charge in [0.25, 0.3) is 5.91 Å². The van der Waals surface area contributed by atoms with Crippen LogP contribution in [-0.2, 0) is 14.8 Å². The Hall–Kier alpha value is -4.03. The molecule has 2 atom stereocenters. The highest BCUT2D eigenvalue weighted by atomic mass is 32.2. The number of carboxylic acids is 1. The number of amides is 1. The molecule has 1 amide bonds. The first-order valence-electron chi connectivity index (χ1n) is 11.8. The van der Waals surface area contributed by atoms with E-state index in [0.29, 0.717) is 18.1 Å². The van der Waals surface area contributed by atoms with Gasteiger partial charge in [0.15, 0.2) is 0 Å². The maximum Gasteiger partial charge on any atom is 0.323 e. The summed E-state index contributed by atoms with van der Waals surface area (Å²) in [4.78, 5) is 35.0. The van der Waals surface area contributed by atoms with Gasteiger partial charge < -0.3 is 20.6 Å². The van der Waals surface area contributed by atoms with Crippen molar-refractivity contribution in [3.63, 3.8) is 0 Å². The van der Waals surface area contributed by atoms with Gasteiger partial charge in [0.2, 0.25) is 16.0 Å². The Kier molecular flexibility index (Phi) is 8.31. The Labute approximate surface area is 215 Å². The standard InChI is InChI=1S/C25H28N6O5S/c32-23(28-16-22(24(33)34)30-37(35,36)21-10-2-1-3-11-21)18-7-4-9-20(15-18)31-14-5-8-19(17-31)29-25-26-12-6-13-27-25/h1-4,6-7,9-13,15,19,22,30H,5,8,14,16-17H2,(H,28,32)(H,33,34)(H,26,27,29)/t19-,22-/m0/s1. The SMILES string of the molecule is O=C(NC[C@H](NS(=O)(=O)c1ccccc1)C(=O)O)c1cccc(N2CCC[C@H](Nc3ncccn3)C2)c1. The molecule has 1 aliphatic rings. The van der Waals surface area contributed by atoms with E-state index in [-0.39, 0.29) is 10.9 Å². The Balaban J connectivity index is 1.38. The van der Waals surface area contributed by atoms with Crippen LogP contribution in [0.4, 0.5) is 11.6 Å². The average Bonchev–Trinajstić information content (AvgIpc) is 2.92. The van der Waals surface area contributed by atoms with Crippen LogP contribution in [-0.4, -0.2) is 67.1 Å². The van der Waals surface area contributed by atoms with Crippen LogP contribution < -0.4 is 20.3 Å². The Bertz CT molecular complexity index is 1320. The number of piperidine rings is 1. The van der Waals surface area contributed by atoms with E-state index in [9.17, 15) is 23.1 Å². The van der Waals surface area contributed by atoms with Gasteiger partial charge in [-0.25, -0.2) is 18.4 Å². The van der Waals surface area contributed by atoms with Crippen molar-refractivity contribution in [1.29, 1.82) is 0 Å². The minimum atomic E-state index is -4.07. The zero-order valence-corrected chi connectivity index (χ0v) is 20.8. The summed E-state index contributed by atoms with van der Waals surface area (Å²) >= 11 is 0. The van der Waals surface area contributed by atoms with Crippen LogP contribution in [0, 0.1) is 0 Å². The molecule has 4 rings (SSSR count). The lowest BCUT2D eigenvalue weighted by atomic mass is 10.0. The third-order valence-corrected chi connectivity index (χ3v) is 7.40. The van der Waals surface area contributed by atoms with E-state index >= 15 is 0 Å². The van der Waals surface area contributed by atoms with Crippen molar-refractivity contribution < 1.29 is 23.1 Å². The number of carbonyl (C=O) groups is 2. The molecule has 3 aromatic rings. The van der Waals surface area contributed by atoms with E-state index in [4.69, 9.17) is 0 Å². The molecule has 0 aliphatic carbocycles. The summed E-state index contributed by atoms with van der Waals surface area (Å²) in [6, 6.07) is 14.8. The van der Waals surface area contributed by atoms with Gasteiger partial charge in [-0.05, 0) is 49.2 Å². The van der Waals surface area contributed by atoms with Gasteiger partial charge in [-0.2, -0.15) is 4.72 Å². The van der Waals surface area contributed by atoms with Gasteiger partial charge in [0, 0.05) is 49.3 Å². The van der Waals surface area contributed by atoms with Gasteiger partial charge in [-0.1, -0.05) is 24.3 Å². The number of hydrogen-bond donors (Lipinski definition) is 4. The normalized spacial score (nSPS) is 16.5. The van der Waals surface area contributed by atoms with E-state index in [0.717, 1.165) is 25.1 Å². The molecule has 1 aromatic heterocycles. The fraction of sp³-hybridized carbons (Fsp3) is 0.280. The van der Waals surface area contributed by atoms with Crippen molar-refractivity contribution in [3.8, 4) is 0 Å². The van der Waals surface area contributed by atoms with Crippen molar-refractivity contribution >= 4 is 33.5 Å². The number of carbonyl (C=O) groups excluding carboxylic acids is 1. The van der Waals surface area contributed by atoms with E-state index < -0.39 is 34.5 Å². The van der Waals surface area contributed by atoms with Crippen LogP contribution in [0.2, 0.25) is 0 Å². The zero-order valence-electron chi connectivity index (χ0n) is 19.9. The minimum Gasteiger partial charge on any atom is -0.480 e. The minimum absolute atomic E-state index is 0.0616. The van der Waals surface area contributed by atoms with Crippen molar-refractivity contribution in [2.45, 2.75) is 29.8 Å². The van der Waals surface area contributed by atoms with Crippen LogP contribution in [0.25, 0.3) is 0 Å². The molecule has 1 fully saturated rings. The van der Waals surface area contributed by atoms with E-state index in [1.165, 1.54) is 24.3 Å².